The van der Waals surface area contributed by atoms with E-state index in [-0.39, 0.29) is 11.9 Å². The molecule has 3 nitrogen and oxygen atoms in total. The number of hydrogen-bond donors (Lipinski definition) is 2. The highest BCUT2D eigenvalue weighted by Gasteiger charge is 2.21. The number of nitrogens with one attached hydrogen (secondary N) is 2. The molecule has 0 saturated heterocycles. The number of pyridine rings is 1. The van der Waals surface area contributed by atoms with Gasteiger partial charge in [0.15, 0.2) is 7.98 Å². The highest BCUT2D eigenvalue weighted by molar-refractivity contribution is 6.49. The fraction of sp³-hybridized carbons (Fsp3) is 0.458. The van der Waals surface area contributed by atoms with Gasteiger partial charge in [-0.3, -0.25) is 4.98 Å². The fourth-order valence-electron chi connectivity index (χ4n) is 2.70. The van der Waals surface area contributed by atoms with Crippen LogP contribution < -0.4 is 10.5 Å². The molecular weight excluding hydrogens is 396 g/mol. The molecule has 1 aromatic heterocycles. The molecule has 1 atom stereocenters. The molecule has 6 heteroatoms. The molecule has 2 radical (unpaired) electrons. The van der Waals surface area contributed by atoms with Crippen molar-refractivity contribution in [3.8, 4) is 0 Å². The second kappa shape index (κ2) is 13.5. The third-order valence-electron chi connectivity index (χ3n) is 4.56. The Morgan fingerprint density at radius 1 is 1.20 bits per heavy atom. The van der Waals surface area contributed by atoms with Crippen LogP contribution in [-0.2, 0) is 6.42 Å². The van der Waals surface area contributed by atoms with Crippen molar-refractivity contribution in [3.63, 3.8) is 0 Å². The Balaban J connectivity index is 0.000000424. The van der Waals surface area contributed by atoms with E-state index in [9.17, 15) is 4.39 Å². The van der Waals surface area contributed by atoms with Gasteiger partial charge in [0.25, 0.3) is 0 Å². The number of rotatable bonds is 3. The lowest BCUT2D eigenvalue weighted by Gasteiger charge is -2.25. The molecule has 2 N–H and O–H groups in total. The van der Waals surface area contributed by atoms with E-state index in [0.29, 0.717) is 22.2 Å². The van der Waals surface area contributed by atoms with E-state index in [1.165, 1.54) is 18.9 Å². The third kappa shape index (κ3) is 7.44. The van der Waals surface area contributed by atoms with Gasteiger partial charge < -0.3 is 10.5 Å². The zero-order valence-electron chi connectivity index (χ0n) is 19.0. The van der Waals surface area contributed by atoms with Gasteiger partial charge in [-0.05, 0) is 67.6 Å². The van der Waals surface area contributed by atoms with Crippen LogP contribution in [-0.4, -0.2) is 19.0 Å². The molecule has 0 bridgehead atoms. The SMILES string of the molecule is CC.CC.CCc1ccc(C2C=C(Cl)c3cc(F)c(C)cc3N2)cn1.[B]NC1CC1. The number of nitrogens with zero attached hydrogens (tertiary/aromatic N) is 1. The van der Waals surface area contributed by atoms with Crippen molar-refractivity contribution in [1.82, 2.24) is 10.2 Å². The minimum absolute atomic E-state index is 0.0479. The van der Waals surface area contributed by atoms with Gasteiger partial charge >= 0.3 is 0 Å². The predicted octanol–water partition coefficient (Wildman–Crippen LogP) is 6.71. The molecule has 162 valence electrons. The molecule has 1 aliphatic heterocycles. The molecule has 0 amide bonds. The largest absolute Gasteiger partial charge is 0.374 e. The topological polar surface area (TPSA) is 37.0 Å². The quantitative estimate of drug-likeness (QED) is 0.532. The number of aryl methyl sites for hydroxylation is 2. The molecule has 1 aliphatic carbocycles. The lowest BCUT2D eigenvalue weighted by atomic mass is 9.99. The summed E-state index contributed by atoms with van der Waals surface area (Å²) in [5.74, 6) is -0.241. The maximum absolute atomic E-state index is 13.7. The summed E-state index contributed by atoms with van der Waals surface area (Å²) in [6.07, 6.45) is 7.21. The fourth-order valence-corrected chi connectivity index (χ4v) is 2.98. The highest BCUT2D eigenvalue weighted by atomic mass is 35.5. The molecule has 4 rings (SSSR count). The monoisotopic (exact) mass is 429 g/mol. The minimum Gasteiger partial charge on any atom is -0.374 e. The summed E-state index contributed by atoms with van der Waals surface area (Å²) in [5.41, 5.74) is 4.26. The van der Waals surface area contributed by atoms with Crippen molar-refractivity contribution < 1.29 is 4.39 Å². The lowest BCUT2D eigenvalue weighted by molar-refractivity contribution is 0.618. The first kappa shape index (κ1) is 26.2. The van der Waals surface area contributed by atoms with Crippen LogP contribution in [0, 0.1) is 12.7 Å². The van der Waals surface area contributed by atoms with E-state index >= 15 is 0 Å². The Kier molecular flexibility index (Phi) is 11.7. The van der Waals surface area contributed by atoms with Crippen molar-refractivity contribution in [3.05, 3.63) is 64.7 Å². The molecule has 1 saturated carbocycles. The summed E-state index contributed by atoms with van der Waals surface area (Å²) < 4.78 is 13.7. The molecule has 2 aliphatic rings. The molecule has 2 heterocycles. The van der Waals surface area contributed by atoms with Crippen molar-refractivity contribution in [2.24, 2.45) is 0 Å². The zero-order valence-corrected chi connectivity index (χ0v) is 19.8. The standard InChI is InChI=1S/C17H16ClFN2.C3H6BN.2C2H6/c1-3-12-5-4-11(9-20-12)16-8-14(18)13-7-15(19)10(2)6-17(13)21-16;4-5-3-1-2-3;2*1-2/h4-9,16,21H,3H2,1-2H3;3,5H,1-2H2;2*1-2H3. The van der Waals surface area contributed by atoms with Crippen LogP contribution in [0.3, 0.4) is 0 Å². The Labute approximate surface area is 188 Å². The average Bonchev–Trinajstić information content (AvgIpc) is 3.63. The normalized spacial score (nSPS) is 16.1. The first-order valence-corrected chi connectivity index (χ1v) is 11.2. The number of benzene rings is 1. The van der Waals surface area contributed by atoms with Gasteiger partial charge in [0.2, 0.25) is 0 Å². The average molecular weight is 430 g/mol. The molecule has 30 heavy (non-hydrogen) atoms. The van der Waals surface area contributed by atoms with Crippen LogP contribution in [0.1, 0.15) is 75.9 Å². The maximum atomic E-state index is 13.7. The van der Waals surface area contributed by atoms with E-state index in [1.807, 2.05) is 52.1 Å². The summed E-state index contributed by atoms with van der Waals surface area (Å²) in [5, 5.41) is 6.58. The van der Waals surface area contributed by atoms with Gasteiger partial charge in [-0.1, -0.05) is 52.3 Å². The summed E-state index contributed by atoms with van der Waals surface area (Å²) >= 11 is 6.31. The molecule has 2 aromatic rings. The van der Waals surface area contributed by atoms with Gasteiger partial charge in [0.05, 0.1) is 6.04 Å². The van der Waals surface area contributed by atoms with Crippen molar-refractivity contribution in [1.29, 1.82) is 0 Å². The van der Waals surface area contributed by atoms with Gasteiger partial charge in [-0.2, -0.15) is 0 Å². The van der Waals surface area contributed by atoms with Gasteiger partial charge in [0, 0.05) is 28.2 Å². The van der Waals surface area contributed by atoms with Gasteiger partial charge in [-0.25, -0.2) is 4.39 Å². The highest BCUT2D eigenvalue weighted by Crippen LogP contribution is 2.38. The van der Waals surface area contributed by atoms with E-state index in [1.54, 1.807) is 13.0 Å². The van der Waals surface area contributed by atoms with Crippen molar-refractivity contribution >= 4 is 30.3 Å². The van der Waals surface area contributed by atoms with E-state index in [4.69, 9.17) is 19.6 Å². The molecule has 1 aromatic carbocycles. The number of halogens is 2. The maximum Gasteiger partial charge on any atom is 0.178 e. The summed E-state index contributed by atoms with van der Waals surface area (Å²) in [4.78, 5) is 4.41. The second-order valence-electron chi connectivity index (χ2n) is 6.66. The summed E-state index contributed by atoms with van der Waals surface area (Å²) in [6, 6.07) is 7.95. The number of aromatic nitrogens is 1. The summed E-state index contributed by atoms with van der Waals surface area (Å²) in [6.45, 7) is 11.8. The minimum atomic E-state index is -0.241. The van der Waals surface area contributed by atoms with E-state index < -0.39 is 0 Å². The second-order valence-corrected chi connectivity index (χ2v) is 7.07. The van der Waals surface area contributed by atoms with Gasteiger partial charge in [-0.15, -0.1) is 0 Å². The zero-order chi connectivity index (χ0) is 22.7. The smallest absolute Gasteiger partial charge is 0.178 e. The number of hydrogen-bond acceptors (Lipinski definition) is 3. The molecule has 1 fully saturated rings. The van der Waals surface area contributed by atoms with Crippen LogP contribution in [0.4, 0.5) is 10.1 Å². The van der Waals surface area contributed by atoms with Crippen LogP contribution >= 0.6 is 11.6 Å². The number of anilines is 1. The predicted molar refractivity (Wildman–Crippen MR) is 130 cm³/mol. The first-order chi connectivity index (χ1) is 14.5. The van der Waals surface area contributed by atoms with Gasteiger partial charge in [0.1, 0.15) is 5.82 Å². The molecule has 1 unspecified atom stereocenters. The molecular formula is C24H34BClFN3. The van der Waals surface area contributed by atoms with Crippen LogP contribution in [0.2, 0.25) is 0 Å². The lowest BCUT2D eigenvalue weighted by Crippen LogP contribution is -2.14. The van der Waals surface area contributed by atoms with Crippen LogP contribution in [0.25, 0.3) is 5.03 Å². The summed E-state index contributed by atoms with van der Waals surface area (Å²) in [7, 11) is 4.98. The Bertz CT molecular complexity index is 805. The first-order valence-electron chi connectivity index (χ1n) is 10.9. The Hall–Kier alpha value is -1.85. The van der Waals surface area contributed by atoms with Crippen molar-refractivity contribution in [2.75, 3.05) is 5.32 Å². The molecule has 0 spiro atoms. The van der Waals surface area contributed by atoms with Crippen LogP contribution in [0.5, 0.6) is 0 Å². The third-order valence-corrected chi connectivity index (χ3v) is 4.89. The van der Waals surface area contributed by atoms with E-state index in [0.717, 1.165) is 23.4 Å². The Morgan fingerprint density at radius 3 is 2.33 bits per heavy atom. The number of fused-ring (bicyclic) bond motifs is 1. The van der Waals surface area contributed by atoms with E-state index in [2.05, 4.69) is 22.5 Å². The van der Waals surface area contributed by atoms with Crippen molar-refractivity contribution in [2.45, 2.75) is 72.9 Å². The Morgan fingerprint density at radius 2 is 1.87 bits per heavy atom. The van der Waals surface area contributed by atoms with Crippen LogP contribution in [0.15, 0.2) is 36.5 Å².